The van der Waals surface area contributed by atoms with Crippen molar-refractivity contribution < 1.29 is 14.2 Å². The molecule has 3 heteroatoms. The van der Waals surface area contributed by atoms with E-state index in [9.17, 15) is 0 Å². The summed E-state index contributed by atoms with van der Waals surface area (Å²) in [5, 5.41) is 0. The summed E-state index contributed by atoms with van der Waals surface area (Å²) >= 11 is 0. The van der Waals surface area contributed by atoms with Gasteiger partial charge in [-0.1, -0.05) is 36.4 Å². The van der Waals surface area contributed by atoms with Crippen molar-refractivity contribution in [3.8, 4) is 5.75 Å². The topological polar surface area (TPSA) is 27.7 Å². The third-order valence-corrected chi connectivity index (χ3v) is 4.83. The lowest BCUT2D eigenvalue weighted by Crippen LogP contribution is -2.16. The first-order chi connectivity index (χ1) is 11.4. The third-order valence-electron chi connectivity index (χ3n) is 4.83. The molecule has 0 bridgehead atoms. The Morgan fingerprint density at radius 3 is 2.65 bits per heavy atom. The van der Waals surface area contributed by atoms with Crippen molar-refractivity contribution in [2.45, 2.75) is 32.2 Å². The van der Waals surface area contributed by atoms with Crippen LogP contribution in [0.2, 0.25) is 0 Å². The van der Waals surface area contributed by atoms with Gasteiger partial charge in [-0.3, -0.25) is 0 Å². The highest BCUT2D eigenvalue weighted by Crippen LogP contribution is 2.47. The van der Waals surface area contributed by atoms with Gasteiger partial charge in [0.15, 0.2) is 0 Å². The molecule has 0 N–H and O–H groups in total. The molecule has 0 aromatic heterocycles. The second-order valence-corrected chi connectivity index (χ2v) is 6.18. The lowest BCUT2D eigenvalue weighted by Gasteiger charge is -2.25. The molecule has 1 saturated heterocycles. The zero-order valence-corrected chi connectivity index (χ0v) is 13.4. The standard InChI is InChI=1S/C20H22O3/c1-2-21-16-9-7-14(8-10-16)19-18(11-12-22-19)20-17-6-4-3-5-15(17)13-23-20/h3-10,18-20H,2,11-13H2,1H3/t18-,19+,20+/m1/s1. The Morgan fingerprint density at radius 2 is 1.83 bits per heavy atom. The van der Waals surface area contributed by atoms with Gasteiger partial charge in [-0.2, -0.15) is 0 Å². The van der Waals surface area contributed by atoms with E-state index in [1.165, 1.54) is 16.7 Å². The van der Waals surface area contributed by atoms with E-state index in [-0.39, 0.29) is 12.2 Å². The van der Waals surface area contributed by atoms with E-state index in [1.54, 1.807) is 0 Å². The summed E-state index contributed by atoms with van der Waals surface area (Å²) in [5.41, 5.74) is 3.86. The highest BCUT2D eigenvalue weighted by molar-refractivity contribution is 5.34. The van der Waals surface area contributed by atoms with Gasteiger partial charge >= 0.3 is 0 Å². The molecule has 0 spiro atoms. The number of hydrogen-bond donors (Lipinski definition) is 0. The second kappa shape index (κ2) is 6.34. The monoisotopic (exact) mass is 310 g/mol. The van der Waals surface area contributed by atoms with Crippen molar-refractivity contribution in [3.05, 3.63) is 65.2 Å². The Bertz CT molecular complexity index is 665. The van der Waals surface area contributed by atoms with Gasteiger partial charge < -0.3 is 14.2 Å². The average molecular weight is 310 g/mol. The van der Waals surface area contributed by atoms with Crippen LogP contribution in [0, 0.1) is 5.92 Å². The van der Waals surface area contributed by atoms with Crippen LogP contribution in [0.25, 0.3) is 0 Å². The minimum Gasteiger partial charge on any atom is -0.494 e. The Morgan fingerprint density at radius 1 is 1.00 bits per heavy atom. The van der Waals surface area contributed by atoms with Crippen LogP contribution in [0.4, 0.5) is 0 Å². The zero-order valence-electron chi connectivity index (χ0n) is 13.4. The van der Waals surface area contributed by atoms with E-state index in [1.807, 2.05) is 19.1 Å². The molecular weight excluding hydrogens is 288 g/mol. The maximum atomic E-state index is 6.12. The Labute approximate surface area is 137 Å². The van der Waals surface area contributed by atoms with Gasteiger partial charge in [0.1, 0.15) is 5.75 Å². The molecule has 0 aliphatic carbocycles. The molecule has 0 unspecified atom stereocenters. The smallest absolute Gasteiger partial charge is 0.119 e. The summed E-state index contributed by atoms with van der Waals surface area (Å²) in [6.07, 6.45) is 1.28. The molecule has 2 aliphatic heterocycles. The molecule has 2 aromatic carbocycles. The predicted molar refractivity (Wildman–Crippen MR) is 88.4 cm³/mol. The van der Waals surface area contributed by atoms with Crippen LogP contribution in [-0.4, -0.2) is 13.2 Å². The van der Waals surface area contributed by atoms with Gasteiger partial charge in [0.25, 0.3) is 0 Å². The number of ether oxygens (including phenoxy) is 3. The van der Waals surface area contributed by atoms with Crippen molar-refractivity contribution in [2.24, 2.45) is 5.92 Å². The van der Waals surface area contributed by atoms with Gasteiger partial charge in [0, 0.05) is 12.5 Å². The summed E-state index contributed by atoms with van der Waals surface area (Å²) in [6, 6.07) is 16.8. The van der Waals surface area contributed by atoms with E-state index in [2.05, 4.69) is 36.4 Å². The molecule has 3 nitrogen and oxygen atoms in total. The third kappa shape index (κ3) is 2.75. The number of benzene rings is 2. The van der Waals surface area contributed by atoms with Crippen molar-refractivity contribution in [1.29, 1.82) is 0 Å². The quantitative estimate of drug-likeness (QED) is 0.836. The van der Waals surface area contributed by atoms with Crippen LogP contribution in [0.3, 0.4) is 0 Å². The highest BCUT2D eigenvalue weighted by Gasteiger charge is 2.40. The minimum absolute atomic E-state index is 0.0989. The zero-order chi connectivity index (χ0) is 15.6. The van der Waals surface area contributed by atoms with Gasteiger partial charge in [0.05, 0.1) is 25.4 Å². The van der Waals surface area contributed by atoms with Crippen LogP contribution in [-0.2, 0) is 16.1 Å². The first-order valence-corrected chi connectivity index (χ1v) is 8.40. The molecule has 2 aromatic rings. The first kappa shape index (κ1) is 14.7. The van der Waals surface area contributed by atoms with E-state index < -0.39 is 0 Å². The molecule has 2 heterocycles. The summed E-state index contributed by atoms with van der Waals surface area (Å²) in [6.45, 7) is 4.20. The minimum atomic E-state index is 0.0989. The fraction of sp³-hybridized carbons (Fsp3) is 0.400. The summed E-state index contributed by atoms with van der Waals surface area (Å²) in [4.78, 5) is 0. The largest absolute Gasteiger partial charge is 0.494 e. The Balaban J connectivity index is 1.57. The SMILES string of the molecule is CCOc1ccc([C@@H]2OCC[C@H]2[C@H]2OCc3ccccc32)cc1. The number of hydrogen-bond acceptors (Lipinski definition) is 3. The van der Waals surface area contributed by atoms with Crippen molar-refractivity contribution in [1.82, 2.24) is 0 Å². The molecule has 3 atom stereocenters. The van der Waals surface area contributed by atoms with Crippen molar-refractivity contribution in [3.63, 3.8) is 0 Å². The van der Waals surface area contributed by atoms with Crippen LogP contribution in [0.1, 0.15) is 42.2 Å². The molecule has 2 aliphatic rings. The van der Waals surface area contributed by atoms with E-state index >= 15 is 0 Å². The van der Waals surface area contributed by atoms with Gasteiger partial charge in [-0.25, -0.2) is 0 Å². The molecule has 4 rings (SSSR count). The fourth-order valence-electron chi connectivity index (χ4n) is 3.75. The van der Waals surface area contributed by atoms with Crippen LogP contribution in [0.15, 0.2) is 48.5 Å². The lowest BCUT2D eigenvalue weighted by atomic mass is 9.86. The summed E-state index contributed by atoms with van der Waals surface area (Å²) in [7, 11) is 0. The van der Waals surface area contributed by atoms with E-state index in [0.717, 1.165) is 18.8 Å². The highest BCUT2D eigenvalue weighted by atomic mass is 16.5. The van der Waals surface area contributed by atoms with Gasteiger partial charge in [-0.05, 0) is 42.2 Å². The number of rotatable bonds is 4. The maximum Gasteiger partial charge on any atom is 0.119 e. The maximum absolute atomic E-state index is 6.12. The van der Waals surface area contributed by atoms with Crippen LogP contribution >= 0.6 is 0 Å². The number of fused-ring (bicyclic) bond motifs is 1. The van der Waals surface area contributed by atoms with Gasteiger partial charge in [-0.15, -0.1) is 0 Å². The molecule has 120 valence electrons. The Kier molecular flexibility index (Phi) is 4.06. The predicted octanol–water partition coefficient (Wildman–Crippen LogP) is 4.43. The first-order valence-electron chi connectivity index (χ1n) is 8.40. The molecular formula is C20H22O3. The lowest BCUT2D eigenvalue weighted by molar-refractivity contribution is -0.0116. The summed E-state index contributed by atoms with van der Waals surface area (Å²) < 4.78 is 17.7. The van der Waals surface area contributed by atoms with Crippen molar-refractivity contribution >= 4 is 0 Å². The van der Waals surface area contributed by atoms with Gasteiger partial charge in [0.2, 0.25) is 0 Å². The molecule has 0 amide bonds. The van der Waals surface area contributed by atoms with Crippen LogP contribution < -0.4 is 4.74 Å². The molecule has 1 fully saturated rings. The van der Waals surface area contributed by atoms with E-state index in [4.69, 9.17) is 14.2 Å². The average Bonchev–Trinajstić information content (AvgIpc) is 3.22. The molecule has 23 heavy (non-hydrogen) atoms. The molecule has 0 radical (unpaired) electrons. The second-order valence-electron chi connectivity index (χ2n) is 6.18. The Hall–Kier alpha value is -1.84. The van der Waals surface area contributed by atoms with Crippen LogP contribution in [0.5, 0.6) is 5.75 Å². The fourth-order valence-corrected chi connectivity index (χ4v) is 3.75. The van der Waals surface area contributed by atoms with Crippen molar-refractivity contribution in [2.75, 3.05) is 13.2 Å². The molecule has 0 saturated carbocycles. The normalized spacial score (nSPS) is 26.2. The summed E-state index contributed by atoms with van der Waals surface area (Å²) in [5.74, 6) is 1.28. The van der Waals surface area contributed by atoms with E-state index in [0.29, 0.717) is 19.1 Å².